The third kappa shape index (κ3) is 5.02. The van der Waals surface area contributed by atoms with Gasteiger partial charge in [-0.1, -0.05) is 41.9 Å². The van der Waals surface area contributed by atoms with E-state index < -0.39 is 0 Å². The number of nitrogens with zero attached hydrogens (tertiary/aromatic N) is 2. The van der Waals surface area contributed by atoms with Crippen molar-refractivity contribution in [1.82, 2.24) is 0 Å². The molecule has 3 rings (SSSR count). The molecule has 3 aromatic carbocycles. The Hall–Kier alpha value is -2.98. The van der Waals surface area contributed by atoms with Gasteiger partial charge in [0.25, 0.3) is 0 Å². The number of hydrogen-bond acceptors (Lipinski definition) is 4. The van der Waals surface area contributed by atoms with E-state index in [1.165, 1.54) is 0 Å². The Bertz CT molecular complexity index is 896. The number of hydrazone groups is 1. The highest BCUT2D eigenvalue weighted by atomic mass is 35.5. The van der Waals surface area contributed by atoms with E-state index in [0.717, 1.165) is 16.8 Å². The van der Waals surface area contributed by atoms with Crippen LogP contribution in [0.3, 0.4) is 0 Å². The van der Waals surface area contributed by atoms with Crippen LogP contribution in [0.25, 0.3) is 0 Å². The summed E-state index contributed by atoms with van der Waals surface area (Å²) in [4.78, 5) is 0. The highest BCUT2D eigenvalue weighted by Crippen LogP contribution is 2.27. The molecule has 0 fully saturated rings. The average molecular weight is 381 g/mol. The molecule has 0 atom stereocenters. The number of benzene rings is 3. The van der Waals surface area contributed by atoms with E-state index in [9.17, 15) is 0 Å². The first-order valence-electron chi connectivity index (χ1n) is 8.52. The van der Waals surface area contributed by atoms with E-state index in [1.807, 2.05) is 65.7 Å². The third-order valence-corrected chi connectivity index (χ3v) is 4.31. The van der Waals surface area contributed by atoms with Gasteiger partial charge < -0.3 is 9.47 Å². The van der Waals surface area contributed by atoms with E-state index in [4.69, 9.17) is 21.1 Å². The Morgan fingerprint density at radius 3 is 2.26 bits per heavy atom. The molecule has 0 saturated carbocycles. The fraction of sp³-hybridized carbons (Fsp3) is 0.136. The van der Waals surface area contributed by atoms with E-state index in [2.05, 4.69) is 17.2 Å². The van der Waals surface area contributed by atoms with Crippen LogP contribution < -0.4 is 14.5 Å². The van der Waals surface area contributed by atoms with Crippen molar-refractivity contribution in [3.8, 4) is 11.5 Å². The zero-order chi connectivity index (χ0) is 19.1. The Balaban J connectivity index is 1.88. The molecule has 27 heavy (non-hydrogen) atoms. The number of ether oxygens (including phenoxy) is 2. The first-order valence-corrected chi connectivity index (χ1v) is 8.90. The Labute approximate surface area is 164 Å². The summed E-state index contributed by atoms with van der Waals surface area (Å²) in [5.74, 6) is 1.36. The van der Waals surface area contributed by atoms with E-state index in [0.29, 0.717) is 23.1 Å². The van der Waals surface area contributed by atoms with Crippen LogP contribution in [0.5, 0.6) is 11.5 Å². The zero-order valence-electron chi connectivity index (χ0n) is 15.3. The van der Waals surface area contributed by atoms with Crippen LogP contribution in [0.2, 0.25) is 5.02 Å². The average Bonchev–Trinajstić information content (AvgIpc) is 2.72. The summed E-state index contributed by atoms with van der Waals surface area (Å²) >= 11 is 6.03. The molecule has 138 valence electrons. The highest BCUT2D eigenvalue weighted by molar-refractivity contribution is 6.30. The molecular weight excluding hydrogens is 360 g/mol. The van der Waals surface area contributed by atoms with Gasteiger partial charge in [0.2, 0.25) is 0 Å². The van der Waals surface area contributed by atoms with Gasteiger partial charge in [0.05, 0.1) is 32.7 Å². The fourth-order valence-corrected chi connectivity index (χ4v) is 2.76. The highest BCUT2D eigenvalue weighted by Gasteiger charge is 2.07. The molecule has 0 aromatic heterocycles. The van der Waals surface area contributed by atoms with Crippen molar-refractivity contribution < 1.29 is 9.47 Å². The molecule has 5 heteroatoms. The van der Waals surface area contributed by atoms with Crippen LogP contribution in [0.4, 0.5) is 5.69 Å². The van der Waals surface area contributed by atoms with Gasteiger partial charge in [-0.05, 0) is 53.6 Å². The lowest BCUT2D eigenvalue weighted by molar-refractivity contribution is 0.355. The standard InChI is InChI=1S/C22H21ClN2O2/c1-26-21-13-8-18(14-22(21)27-2)15-24-25(16-17-6-4-3-5-7-17)20-11-9-19(23)10-12-20/h3-15H,16H2,1-2H3/b24-15+. The molecule has 0 N–H and O–H groups in total. The lowest BCUT2D eigenvalue weighted by atomic mass is 10.2. The van der Waals surface area contributed by atoms with Crippen LogP contribution in [-0.4, -0.2) is 20.4 Å². The van der Waals surface area contributed by atoms with Gasteiger partial charge in [0.15, 0.2) is 11.5 Å². The van der Waals surface area contributed by atoms with Gasteiger partial charge in [-0.15, -0.1) is 0 Å². The largest absolute Gasteiger partial charge is 0.493 e. The molecule has 3 aromatic rings. The van der Waals surface area contributed by atoms with E-state index in [1.54, 1.807) is 20.4 Å². The molecule has 0 aliphatic rings. The molecule has 0 aliphatic carbocycles. The second kappa shape index (κ2) is 9.10. The van der Waals surface area contributed by atoms with Crippen molar-refractivity contribution in [1.29, 1.82) is 0 Å². The molecule has 0 aliphatic heterocycles. The van der Waals surface area contributed by atoms with Crippen LogP contribution in [-0.2, 0) is 6.54 Å². The monoisotopic (exact) mass is 380 g/mol. The predicted octanol–water partition coefficient (Wildman–Crippen LogP) is 5.40. The third-order valence-electron chi connectivity index (χ3n) is 4.05. The number of rotatable bonds is 7. The maximum absolute atomic E-state index is 6.03. The second-order valence-corrected chi connectivity index (χ2v) is 6.32. The summed E-state index contributed by atoms with van der Waals surface area (Å²) in [5.41, 5.74) is 3.04. The smallest absolute Gasteiger partial charge is 0.161 e. The molecule has 0 saturated heterocycles. The molecule has 0 bridgehead atoms. The van der Waals surface area contributed by atoms with Gasteiger partial charge in [-0.2, -0.15) is 5.10 Å². The minimum Gasteiger partial charge on any atom is -0.493 e. The topological polar surface area (TPSA) is 34.1 Å². The Kier molecular flexibility index (Phi) is 6.34. The predicted molar refractivity (Wildman–Crippen MR) is 111 cm³/mol. The van der Waals surface area contributed by atoms with Crippen LogP contribution in [0.15, 0.2) is 77.9 Å². The van der Waals surface area contributed by atoms with Crippen molar-refractivity contribution in [3.05, 3.63) is 88.9 Å². The van der Waals surface area contributed by atoms with Crippen molar-refractivity contribution in [2.75, 3.05) is 19.2 Å². The van der Waals surface area contributed by atoms with Gasteiger partial charge in [-0.3, -0.25) is 5.01 Å². The number of halogens is 1. The number of methoxy groups -OCH3 is 2. The molecule has 0 amide bonds. The van der Waals surface area contributed by atoms with Gasteiger partial charge >= 0.3 is 0 Å². The normalized spacial score (nSPS) is 10.8. The maximum Gasteiger partial charge on any atom is 0.161 e. The SMILES string of the molecule is COc1ccc(/C=N/N(Cc2ccccc2)c2ccc(Cl)cc2)cc1OC. The van der Waals surface area contributed by atoms with Crippen molar-refractivity contribution in [2.24, 2.45) is 5.10 Å². The molecular formula is C22H21ClN2O2. The molecule has 0 spiro atoms. The summed E-state index contributed by atoms with van der Waals surface area (Å²) in [6, 6.07) is 23.5. The quantitative estimate of drug-likeness (QED) is 0.406. The van der Waals surface area contributed by atoms with Crippen LogP contribution >= 0.6 is 11.6 Å². The lowest BCUT2D eigenvalue weighted by Crippen LogP contribution is -2.16. The van der Waals surface area contributed by atoms with Gasteiger partial charge in [0, 0.05) is 5.02 Å². The minimum absolute atomic E-state index is 0.645. The maximum atomic E-state index is 6.03. The van der Waals surface area contributed by atoms with Crippen molar-refractivity contribution >= 4 is 23.5 Å². The van der Waals surface area contributed by atoms with Crippen molar-refractivity contribution in [2.45, 2.75) is 6.54 Å². The molecule has 0 unspecified atom stereocenters. The molecule has 0 radical (unpaired) electrons. The van der Waals surface area contributed by atoms with Gasteiger partial charge in [0.1, 0.15) is 0 Å². The summed E-state index contributed by atoms with van der Waals surface area (Å²) in [5, 5.41) is 7.32. The summed E-state index contributed by atoms with van der Waals surface area (Å²) in [6.07, 6.45) is 1.81. The molecule has 0 heterocycles. The number of anilines is 1. The van der Waals surface area contributed by atoms with Crippen LogP contribution in [0.1, 0.15) is 11.1 Å². The summed E-state index contributed by atoms with van der Waals surface area (Å²) in [7, 11) is 3.24. The Morgan fingerprint density at radius 2 is 1.59 bits per heavy atom. The zero-order valence-corrected chi connectivity index (χ0v) is 16.1. The number of hydrogen-bond donors (Lipinski definition) is 0. The first-order chi connectivity index (χ1) is 13.2. The summed E-state index contributed by atoms with van der Waals surface area (Å²) in [6.45, 7) is 0.645. The molecule has 4 nitrogen and oxygen atoms in total. The van der Waals surface area contributed by atoms with E-state index in [-0.39, 0.29) is 0 Å². The first kappa shape index (κ1) is 18.8. The second-order valence-electron chi connectivity index (χ2n) is 5.88. The van der Waals surface area contributed by atoms with Crippen molar-refractivity contribution in [3.63, 3.8) is 0 Å². The van der Waals surface area contributed by atoms with E-state index >= 15 is 0 Å². The lowest BCUT2D eigenvalue weighted by Gasteiger charge is -2.19. The van der Waals surface area contributed by atoms with Gasteiger partial charge in [-0.25, -0.2) is 0 Å². The minimum atomic E-state index is 0.645. The van der Waals surface area contributed by atoms with Crippen LogP contribution in [0, 0.1) is 0 Å². The Morgan fingerprint density at radius 1 is 0.889 bits per heavy atom. The summed E-state index contributed by atoms with van der Waals surface area (Å²) < 4.78 is 10.6. The fourth-order valence-electron chi connectivity index (χ4n) is 2.64.